The highest BCUT2D eigenvalue weighted by molar-refractivity contribution is 7.99. The highest BCUT2D eigenvalue weighted by atomic mass is 32.2. The summed E-state index contributed by atoms with van der Waals surface area (Å²) in [5.74, 6) is 1.03. The van der Waals surface area contributed by atoms with Gasteiger partial charge in [0.1, 0.15) is 10.7 Å². The van der Waals surface area contributed by atoms with Crippen molar-refractivity contribution in [1.82, 2.24) is 9.62 Å². The highest BCUT2D eigenvalue weighted by Gasteiger charge is 2.32. The molecule has 1 saturated heterocycles. The van der Waals surface area contributed by atoms with Gasteiger partial charge in [-0.25, -0.2) is 12.8 Å². The van der Waals surface area contributed by atoms with Gasteiger partial charge in [0.15, 0.2) is 0 Å². The van der Waals surface area contributed by atoms with Crippen molar-refractivity contribution in [2.75, 3.05) is 25.6 Å². The molecule has 0 amide bonds. The number of rotatable bonds is 5. The number of halogens is 1. The number of hydrogen-bond acceptors (Lipinski definition) is 4. The van der Waals surface area contributed by atoms with Crippen LogP contribution in [0.3, 0.4) is 0 Å². The fraction of sp³-hybridized carbons (Fsp3) is 0.538. The maximum absolute atomic E-state index is 13.9. The Morgan fingerprint density at radius 3 is 2.85 bits per heavy atom. The van der Waals surface area contributed by atoms with E-state index >= 15 is 0 Å². The minimum absolute atomic E-state index is 0.0441. The zero-order valence-electron chi connectivity index (χ0n) is 11.6. The Morgan fingerprint density at radius 2 is 2.25 bits per heavy atom. The number of sulfonamides is 1. The van der Waals surface area contributed by atoms with Crippen LogP contribution in [0.2, 0.25) is 0 Å². The predicted octanol–water partition coefficient (Wildman–Crippen LogP) is 1.67. The summed E-state index contributed by atoms with van der Waals surface area (Å²) in [6.07, 6.45) is 0.818. The molecule has 0 spiro atoms. The van der Waals surface area contributed by atoms with E-state index in [4.69, 9.17) is 0 Å². The largest absolute Gasteiger partial charge is 0.316 e. The van der Waals surface area contributed by atoms with Crippen molar-refractivity contribution < 1.29 is 12.8 Å². The standard InChI is InChI=1S/C13H19FN2O2S2/c1-15-8-10-3-4-12(14)13(7-10)20(17,18)16(2)11-5-6-19-9-11/h3-4,7,11,15H,5-6,8-9H2,1-2H3. The van der Waals surface area contributed by atoms with E-state index in [0.29, 0.717) is 6.54 Å². The Balaban J connectivity index is 2.34. The Kier molecular flexibility index (Phi) is 5.06. The molecule has 112 valence electrons. The van der Waals surface area contributed by atoms with Crippen molar-refractivity contribution in [2.24, 2.45) is 0 Å². The maximum Gasteiger partial charge on any atom is 0.246 e. The van der Waals surface area contributed by atoms with E-state index in [1.165, 1.54) is 23.5 Å². The van der Waals surface area contributed by atoms with Gasteiger partial charge in [-0.15, -0.1) is 0 Å². The summed E-state index contributed by atoms with van der Waals surface area (Å²) in [7, 11) is -0.476. The van der Waals surface area contributed by atoms with Gasteiger partial charge in [0.2, 0.25) is 10.0 Å². The van der Waals surface area contributed by atoms with E-state index in [0.717, 1.165) is 23.5 Å². The second kappa shape index (κ2) is 6.43. The van der Waals surface area contributed by atoms with Crippen LogP contribution >= 0.6 is 11.8 Å². The van der Waals surface area contributed by atoms with Crippen LogP contribution in [0.15, 0.2) is 23.1 Å². The van der Waals surface area contributed by atoms with Crippen molar-refractivity contribution in [3.05, 3.63) is 29.6 Å². The zero-order chi connectivity index (χ0) is 14.8. The van der Waals surface area contributed by atoms with Crippen LogP contribution in [0, 0.1) is 5.82 Å². The SMILES string of the molecule is CNCc1ccc(F)c(S(=O)(=O)N(C)C2CCSC2)c1. The van der Waals surface area contributed by atoms with Gasteiger partial charge >= 0.3 is 0 Å². The first-order valence-electron chi connectivity index (χ1n) is 6.45. The Bertz CT molecular complexity index is 572. The van der Waals surface area contributed by atoms with Crippen LogP contribution in [0.25, 0.3) is 0 Å². The van der Waals surface area contributed by atoms with Crippen molar-refractivity contribution in [3.63, 3.8) is 0 Å². The quantitative estimate of drug-likeness (QED) is 0.897. The molecule has 7 heteroatoms. The van der Waals surface area contributed by atoms with E-state index in [1.54, 1.807) is 24.9 Å². The first kappa shape index (κ1) is 15.8. The number of nitrogens with one attached hydrogen (secondary N) is 1. The lowest BCUT2D eigenvalue weighted by atomic mass is 10.2. The molecule has 1 aliphatic rings. The van der Waals surface area contributed by atoms with Gasteiger partial charge in [0.05, 0.1) is 0 Å². The zero-order valence-corrected chi connectivity index (χ0v) is 13.2. The Hall–Kier alpha value is -0.630. The topological polar surface area (TPSA) is 49.4 Å². The summed E-state index contributed by atoms with van der Waals surface area (Å²) < 4.78 is 40.3. The minimum atomic E-state index is -3.78. The fourth-order valence-electron chi connectivity index (χ4n) is 2.22. The first-order chi connectivity index (χ1) is 9.46. The molecule has 0 radical (unpaired) electrons. The summed E-state index contributed by atoms with van der Waals surface area (Å²) in [6, 6.07) is 4.18. The molecule has 20 heavy (non-hydrogen) atoms. The molecule has 1 unspecified atom stereocenters. The van der Waals surface area contributed by atoms with Crippen molar-refractivity contribution in [2.45, 2.75) is 23.9 Å². The van der Waals surface area contributed by atoms with Gasteiger partial charge < -0.3 is 5.32 Å². The number of benzene rings is 1. The van der Waals surface area contributed by atoms with E-state index in [1.807, 2.05) is 0 Å². The van der Waals surface area contributed by atoms with E-state index in [9.17, 15) is 12.8 Å². The van der Waals surface area contributed by atoms with Gasteiger partial charge in [0.25, 0.3) is 0 Å². The minimum Gasteiger partial charge on any atom is -0.316 e. The molecule has 1 aromatic carbocycles. The average Bonchev–Trinajstić information content (AvgIpc) is 2.94. The lowest BCUT2D eigenvalue weighted by molar-refractivity contribution is 0.391. The molecule has 0 aromatic heterocycles. The summed E-state index contributed by atoms with van der Waals surface area (Å²) in [5, 5.41) is 2.93. The molecule has 1 fully saturated rings. The number of thioether (sulfide) groups is 1. The van der Waals surface area contributed by atoms with E-state index < -0.39 is 15.8 Å². The average molecular weight is 318 g/mol. The molecule has 1 aromatic rings. The lowest BCUT2D eigenvalue weighted by Gasteiger charge is -2.23. The van der Waals surface area contributed by atoms with Gasteiger partial charge in [-0.2, -0.15) is 16.1 Å². The second-order valence-corrected chi connectivity index (χ2v) is 7.95. The predicted molar refractivity (Wildman–Crippen MR) is 79.8 cm³/mol. The molecular formula is C13H19FN2O2S2. The smallest absolute Gasteiger partial charge is 0.246 e. The van der Waals surface area contributed by atoms with Gasteiger partial charge in [-0.05, 0) is 36.9 Å². The number of nitrogens with zero attached hydrogens (tertiary/aromatic N) is 1. The highest BCUT2D eigenvalue weighted by Crippen LogP contribution is 2.27. The molecule has 1 N–H and O–H groups in total. The third-order valence-electron chi connectivity index (χ3n) is 3.45. The van der Waals surface area contributed by atoms with Crippen molar-refractivity contribution in [3.8, 4) is 0 Å². The molecule has 1 atom stereocenters. The monoisotopic (exact) mass is 318 g/mol. The van der Waals surface area contributed by atoms with Crippen LogP contribution in [-0.2, 0) is 16.6 Å². The Labute approximate surface area is 123 Å². The molecular weight excluding hydrogens is 299 g/mol. The molecule has 0 bridgehead atoms. The van der Waals surface area contributed by atoms with E-state index in [2.05, 4.69) is 5.32 Å². The van der Waals surface area contributed by atoms with Crippen LogP contribution in [0.5, 0.6) is 0 Å². The van der Waals surface area contributed by atoms with Gasteiger partial charge in [0, 0.05) is 25.4 Å². The summed E-state index contributed by atoms with van der Waals surface area (Å²) >= 11 is 1.73. The summed E-state index contributed by atoms with van der Waals surface area (Å²) in [6.45, 7) is 0.506. The molecule has 2 rings (SSSR count). The Morgan fingerprint density at radius 1 is 1.50 bits per heavy atom. The van der Waals surface area contributed by atoms with Crippen LogP contribution in [-0.4, -0.2) is 44.4 Å². The molecule has 0 aliphatic carbocycles. The van der Waals surface area contributed by atoms with Gasteiger partial charge in [-0.3, -0.25) is 0 Å². The molecule has 1 aliphatic heterocycles. The van der Waals surface area contributed by atoms with Crippen molar-refractivity contribution in [1.29, 1.82) is 0 Å². The summed E-state index contributed by atoms with van der Waals surface area (Å²) in [4.78, 5) is -0.232. The molecule has 0 saturated carbocycles. The van der Waals surface area contributed by atoms with Crippen LogP contribution in [0.1, 0.15) is 12.0 Å². The first-order valence-corrected chi connectivity index (χ1v) is 9.05. The number of hydrogen-bond donors (Lipinski definition) is 1. The van der Waals surface area contributed by atoms with Crippen LogP contribution < -0.4 is 5.32 Å². The van der Waals surface area contributed by atoms with Crippen molar-refractivity contribution >= 4 is 21.8 Å². The maximum atomic E-state index is 13.9. The van der Waals surface area contributed by atoms with Crippen LogP contribution in [0.4, 0.5) is 4.39 Å². The molecule has 1 heterocycles. The fourth-order valence-corrected chi connectivity index (χ4v) is 5.08. The third-order valence-corrected chi connectivity index (χ3v) is 6.52. The second-order valence-electron chi connectivity index (χ2n) is 4.83. The normalized spacial score (nSPS) is 19.7. The van der Waals surface area contributed by atoms with Gasteiger partial charge in [-0.1, -0.05) is 6.07 Å². The molecule has 4 nitrogen and oxygen atoms in total. The summed E-state index contributed by atoms with van der Waals surface area (Å²) in [5.41, 5.74) is 0.752. The lowest BCUT2D eigenvalue weighted by Crippen LogP contribution is -2.37. The third kappa shape index (κ3) is 3.16. The van der Waals surface area contributed by atoms with E-state index in [-0.39, 0.29) is 10.9 Å².